The first-order valence-electron chi connectivity index (χ1n) is 3.49. The molecule has 0 fully saturated rings. The van der Waals surface area contributed by atoms with Gasteiger partial charge >= 0.3 is 35.6 Å². The number of aliphatic hydroxyl groups is 1. The van der Waals surface area contributed by atoms with Crippen molar-refractivity contribution in [2.75, 3.05) is 20.8 Å². The van der Waals surface area contributed by atoms with E-state index in [1.807, 2.05) is 6.92 Å². The molecule has 0 aliphatic heterocycles. The average Bonchev–Trinajstić information content (AvgIpc) is 2.18. The summed E-state index contributed by atoms with van der Waals surface area (Å²) in [5, 5.41) is 51.2. The molecule has 0 aliphatic carbocycles. The van der Waals surface area contributed by atoms with Crippen LogP contribution in [0.3, 0.4) is 0 Å². The third-order valence-corrected chi connectivity index (χ3v) is 0.289. The zero-order valence-corrected chi connectivity index (χ0v) is 13.8. The van der Waals surface area contributed by atoms with Crippen molar-refractivity contribution in [3.8, 4) is 0 Å². The van der Waals surface area contributed by atoms with Crippen molar-refractivity contribution in [3.63, 3.8) is 0 Å². The van der Waals surface area contributed by atoms with Gasteiger partial charge in [0, 0.05) is 20.8 Å². The van der Waals surface area contributed by atoms with Gasteiger partial charge in [0.05, 0.1) is 15.3 Å². The summed E-state index contributed by atoms with van der Waals surface area (Å²) in [5.74, 6) is 0. The van der Waals surface area contributed by atoms with E-state index in [-0.39, 0.29) is 35.6 Å². The molecule has 0 aliphatic rings. The maximum atomic E-state index is 8.25. The summed E-state index contributed by atoms with van der Waals surface area (Å²) in [6.45, 7) is 2.78. The van der Waals surface area contributed by atoms with Crippen molar-refractivity contribution < 1.29 is 60.7 Å². The Labute approximate surface area is 134 Å². The Kier molecular flexibility index (Phi) is 83.0. The zero-order chi connectivity index (χ0) is 16.1. The van der Waals surface area contributed by atoms with Crippen LogP contribution in [0.2, 0.25) is 0 Å². The minimum atomic E-state index is -1.75. The van der Waals surface area contributed by atoms with E-state index in [0.29, 0.717) is 0 Å². The fraction of sp³-hybridized carbons (Fsp3) is 1.00. The van der Waals surface area contributed by atoms with E-state index in [2.05, 4.69) is 4.74 Å². The van der Waals surface area contributed by atoms with Crippen molar-refractivity contribution in [1.29, 1.82) is 0 Å². The maximum absolute atomic E-state index is 8.25. The number of ether oxygens (including phenoxy) is 1. The van der Waals surface area contributed by atoms with Crippen LogP contribution in [-0.2, 0) is 4.74 Å². The zero-order valence-electron chi connectivity index (χ0n) is 10.2. The van der Waals surface area contributed by atoms with E-state index in [9.17, 15) is 0 Å². The second-order valence-electron chi connectivity index (χ2n) is 1.25. The van der Waals surface area contributed by atoms with E-state index < -0.39 is 15.3 Å². The normalized spacial score (nSPS) is 5.68. The van der Waals surface area contributed by atoms with Gasteiger partial charge in [-0.05, 0) is 6.92 Å². The first-order chi connectivity index (χ1) is 8.11. The molecule has 15 heteroatoms. The third kappa shape index (κ3) is 44500. The van der Waals surface area contributed by atoms with Gasteiger partial charge in [-0.1, -0.05) is 0 Å². The molecule has 0 heterocycles. The molecule has 0 radical (unpaired) electrons. The van der Waals surface area contributed by atoms with Crippen LogP contribution >= 0.6 is 0 Å². The number of methoxy groups -OCH3 is 1. The van der Waals surface area contributed by atoms with Crippen LogP contribution in [0.4, 0.5) is 0 Å². The molecule has 0 aromatic rings. The predicted molar refractivity (Wildman–Crippen MR) is 56.8 cm³/mol. The summed E-state index contributed by atoms with van der Waals surface area (Å²) in [6, 6.07) is 0. The molecule has 0 saturated heterocycles. The van der Waals surface area contributed by atoms with Gasteiger partial charge in [-0.25, -0.2) is 0 Å². The fourth-order valence-electron chi connectivity index (χ4n) is 0. The smallest absolute Gasteiger partial charge is 0.400 e. The molecule has 0 atom stereocenters. The van der Waals surface area contributed by atoms with Gasteiger partial charge in [-0.2, -0.15) is 0 Å². The number of hydrogen-bond donors (Lipinski definition) is 1. The summed E-state index contributed by atoms with van der Waals surface area (Å²) < 4.78 is 4.54. The second kappa shape index (κ2) is 43.7. The monoisotopic (exact) mass is 417 g/mol. The molecule has 0 spiro atoms. The fourth-order valence-corrected chi connectivity index (χ4v) is 0. The molecule has 112 valence electrons. The average molecular weight is 417 g/mol. The topological polar surface area (TPSA) is 228 Å². The van der Waals surface area contributed by atoms with Crippen molar-refractivity contribution in [3.05, 3.63) is 46.0 Å². The summed E-state index contributed by atoms with van der Waals surface area (Å²) in [7, 11) is 2.68. The second-order valence-corrected chi connectivity index (χ2v) is 1.25. The van der Waals surface area contributed by atoms with Crippen molar-refractivity contribution in [2.45, 2.75) is 6.92 Å². The van der Waals surface area contributed by atoms with E-state index in [4.69, 9.17) is 51.1 Å². The van der Waals surface area contributed by atoms with E-state index >= 15 is 0 Å². The number of hydrogen-bond acceptors (Lipinski definition) is 11. The summed E-state index contributed by atoms with van der Waals surface area (Å²) >= 11 is 0. The molecule has 0 bridgehead atoms. The Hall–Kier alpha value is -1.29. The maximum Gasteiger partial charge on any atom is 3.00 e. The Balaban J connectivity index is -0.0000000279. The third-order valence-electron chi connectivity index (χ3n) is 0.289. The molecule has 1 N–H and O–H groups in total. The van der Waals surface area contributed by atoms with Crippen LogP contribution < -0.4 is 0 Å². The van der Waals surface area contributed by atoms with E-state index in [1.165, 1.54) is 0 Å². The number of aliphatic hydroxyl groups excluding tert-OH is 1. The molecule has 19 heavy (non-hydrogen) atoms. The van der Waals surface area contributed by atoms with Crippen molar-refractivity contribution in [2.24, 2.45) is 0 Å². The van der Waals surface area contributed by atoms with Gasteiger partial charge < -0.3 is 55.8 Å². The molecule has 14 nitrogen and oxygen atoms in total. The van der Waals surface area contributed by atoms with Gasteiger partial charge in [-0.3, -0.25) is 0 Å². The van der Waals surface area contributed by atoms with E-state index in [1.54, 1.807) is 7.11 Å². The minimum Gasteiger partial charge on any atom is -0.400 e. The first-order valence-corrected chi connectivity index (χ1v) is 3.49. The Bertz CT molecular complexity index is 148. The quantitative estimate of drug-likeness (QED) is 0.424. The molecule has 0 unspecified atom stereocenters. The van der Waals surface area contributed by atoms with E-state index in [0.717, 1.165) is 13.7 Å². The summed E-state index contributed by atoms with van der Waals surface area (Å²) in [4.78, 5) is 24.8. The minimum absolute atomic E-state index is 0. The van der Waals surface area contributed by atoms with Gasteiger partial charge in [-0.15, -0.1) is 0 Å². The van der Waals surface area contributed by atoms with Crippen molar-refractivity contribution >= 4 is 0 Å². The van der Waals surface area contributed by atoms with Crippen LogP contribution in [0, 0.1) is 81.6 Å². The first kappa shape index (κ1) is 36.1. The predicted octanol–water partition coefficient (Wildman–Crippen LogP) is -0.456. The Morgan fingerprint density at radius 1 is 0.842 bits per heavy atom. The summed E-state index contributed by atoms with van der Waals surface area (Å²) in [6.07, 6.45) is 0. The molecule has 0 aromatic heterocycles. The molecule has 0 rings (SSSR count). The van der Waals surface area contributed by atoms with Gasteiger partial charge in [0.2, 0.25) is 0 Å². The SMILES string of the molecule is CCOC.CO.O=[N+]([O-])[O-].O=[N+]([O-])[O-].O=[N+]([O-])[O-].[La+3]. The molecular weight excluding hydrogens is 405 g/mol. The number of nitrogens with zero attached hydrogens (tertiary/aromatic N) is 3. The summed E-state index contributed by atoms with van der Waals surface area (Å²) in [5.41, 5.74) is 0. The molecule has 0 amide bonds. The van der Waals surface area contributed by atoms with Crippen LogP contribution in [0.1, 0.15) is 6.92 Å². The Morgan fingerprint density at radius 3 is 0.895 bits per heavy atom. The van der Waals surface area contributed by atoms with Crippen LogP contribution in [0.15, 0.2) is 0 Å². The van der Waals surface area contributed by atoms with Crippen LogP contribution in [-0.4, -0.2) is 41.2 Å². The van der Waals surface area contributed by atoms with Gasteiger partial charge in [0.25, 0.3) is 0 Å². The van der Waals surface area contributed by atoms with Crippen molar-refractivity contribution in [1.82, 2.24) is 0 Å². The molecule has 0 aromatic carbocycles. The van der Waals surface area contributed by atoms with Crippen LogP contribution in [0.5, 0.6) is 0 Å². The standard InChI is InChI=1S/C3H8O.CH4O.La.3NO3/c1-3-4-2;1-2;;3*2-1(3)4/h3H2,1-2H3;2H,1H3;;;;/q;;+3;3*-1. The largest absolute Gasteiger partial charge is 3.00 e. The molecule has 0 saturated carbocycles. The number of rotatable bonds is 1. The Morgan fingerprint density at radius 2 is 0.895 bits per heavy atom. The van der Waals surface area contributed by atoms with Gasteiger partial charge in [0.1, 0.15) is 0 Å². The van der Waals surface area contributed by atoms with Gasteiger partial charge in [0.15, 0.2) is 0 Å². The molecular formula is C4H12LaN3O11. The van der Waals surface area contributed by atoms with Crippen LogP contribution in [0.25, 0.3) is 0 Å².